The minimum absolute atomic E-state index is 0.0184. The lowest BCUT2D eigenvalue weighted by Gasteiger charge is -2.48. The predicted octanol–water partition coefficient (Wildman–Crippen LogP) is 5.51. The predicted molar refractivity (Wildman–Crippen MR) is 303 cm³/mol. The van der Waals surface area contributed by atoms with E-state index in [0.29, 0.717) is 77.0 Å². The largest absolute Gasteiger partial charge is 0.391 e. The van der Waals surface area contributed by atoms with Gasteiger partial charge < -0.3 is 46.0 Å². The molecule has 5 fully saturated rings. The van der Waals surface area contributed by atoms with Crippen molar-refractivity contribution in [1.82, 2.24) is 50.5 Å². The molecule has 0 bridgehead atoms. The number of piperazine rings is 2. The van der Waals surface area contributed by atoms with Gasteiger partial charge in [-0.2, -0.15) is 0 Å². The van der Waals surface area contributed by atoms with Gasteiger partial charge >= 0.3 is 0 Å². The van der Waals surface area contributed by atoms with Gasteiger partial charge in [0.2, 0.25) is 24.1 Å². The van der Waals surface area contributed by atoms with E-state index in [0.717, 1.165) is 100 Å². The van der Waals surface area contributed by atoms with Crippen molar-refractivity contribution < 1.29 is 33.1 Å². The number of thiazole rings is 1. The summed E-state index contributed by atoms with van der Waals surface area (Å²) >= 11 is 1.64. The number of aliphatic hydroxyl groups is 1. The van der Waals surface area contributed by atoms with Gasteiger partial charge in [0.15, 0.2) is 0 Å². The van der Waals surface area contributed by atoms with Gasteiger partial charge in [-0.3, -0.25) is 29.0 Å². The van der Waals surface area contributed by atoms with Crippen molar-refractivity contribution in [2.24, 2.45) is 11.3 Å². The number of β-amino-alcohol motifs (C(OH)–C–C–N with tert-alkyl or cyclic N) is 1. The number of halogens is 2. The Kier molecular flexibility index (Phi) is 21.7. The maximum absolute atomic E-state index is 15.6. The maximum Gasteiger partial charge on any atom is 0.242 e. The second-order valence-electron chi connectivity index (χ2n) is 22.9. The molecule has 5 saturated heterocycles. The summed E-state index contributed by atoms with van der Waals surface area (Å²) in [5, 5.41) is 21.6. The fourth-order valence-electron chi connectivity index (χ4n) is 10.4. The first-order valence-electron chi connectivity index (χ1n) is 27.8. The lowest BCUT2D eigenvalue weighted by atomic mass is 9.82. The Morgan fingerprint density at radius 2 is 1.59 bits per heavy atom. The Labute approximate surface area is 463 Å². The highest BCUT2D eigenvalue weighted by Crippen LogP contribution is 2.35. The average Bonchev–Trinajstić information content (AvgIpc) is 4.07. The van der Waals surface area contributed by atoms with Gasteiger partial charge in [0.25, 0.3) is 0 Å². The fourth-order valence-corrected chi connectivity index (χ4v) is 11.2. The van der Waals surface area contributed by atoms with Crippen LogP contribution in [-0.4, -0.2) is 180 Å². The third-order valence-corrected chi connectivity index (χ3v) is 16.1. The number of benzene rings is 2. The van der Waals surface area contributed by atoms with E-state index in [1.165, 1.54) is 22.6 Å². The molecule has 1 spiro atoms. The summed E-state index contributed by atoms with van der Waals surface area (Å²) in [4.78, 5) is 74.4. The highest BCUT2D eigenvalue weighted by Gasteiger charge is 2.42. The zero-order valence-electron chi connectivity index (χ0n) is 46.7. The second kappa shape index (κ2) is 28.3. The topological polar surface area (TPSA) is 195 Å². The van der Waals surface area contributed by atoms with Crippen molar-refractivity contribution in [3.63, 3.8) is 0 Å². The molecule has 1 unspecified atom stereocenters. The molecule has 5 aliphatic heterocycles. The average molecular weight is 1100 g/mol. The Hall–Kier alpha value is -5.87. The number of nitrogens with one attached hydrogen (secondary N) is 4. The van der Waals surface area contributed by atoms with Crippen molar-refractivity contribution in [3.05, 3.63) is 82.8 Å². The maximum atomic E-state index is 15.6. The summed E-state index contributed by atoms with van der Waals surface area (Å²) in [5.41, 5.74) is 5.39. The van der Waals surface area contributed by atoms with Gasteiger partial charge in [0, 0.05) is 96.2 Å². The zero-order chi connectivity index (χ0) is 55.8. The zero-order valence-corrected chi connectivity index (χ0v) is 47.5. The summed E-state index contributed by atoms with van der Waals surface area (Å²) in [6.07, 6.45) is 6.62. The molecule has 0 saturated carbocycles. The molecule has 2 aromatic carbocycles. The van der Waals surface area contributed by atoms with Crippen LogP contribution < -0.4 is 31.1 Å². The van der Waals surface area contributed by atoms with Crippen LogP contribution in [0.4, 0.5) is 26.1 Å². The molecule has 7 heterocycles. The van der Waals surface area contributed by atoms with Crippen LogP contribution in [0.3, 0.4) is 0 Å². The van der Waals surface area contributed by atoms with Crippen molar-refractivity contribution in [2.45, 2.75) is 105 Å². The molecule has 426 valence electrons. The first-order valence-corrected chi connectivity index (χ1v) is 28.7. The standard InChI is InChI=1S/C41H61F2N11O4.C12H12N2OS.C4H10/c1-40(2)5-12-50(13-6-40)24-30-20-33(43)34(21-32(30)42)54-27-38(57)48-41(28-54)7-14-52(15-8-41)36-22-35(46-29-47-36)44-9-3-10-49-16-18-51(19-17-49)26-37(56)45-23-39(58)53-11-4-31(55)25-53;1-9-12(16-8-14-9)11-4-2-10(3-5-11)6-13-7-15;1-4(2)3/h20-22,29,31,55H,3-19,23-28H2,1-2H3,(H,45,56)(H,48,57)(H,44,46,47);2-5,7-8H,6H2,1H3,(H,13,15);4H,1-3H3. The molecule has 4 aromatic rings. The highest BCUT2D eigenvalue weighted by molar-refractivity contribution is 7.13. The van der Waals surface area contributed by atoms with Crippen LogP contribution in [0.2, 0.25) is 0 Å². The molecule has 78 heavy (non-hydrogen) atoms. The number of piperidine rings is 2. The number of carbonyl (C=O) groups excluding carboxylic acids is 4. The molecule has 5 N–H and O–H groups in total. The third-order valence-electron chi connectivity index (χ3n) is 15.1. The minimum Gasteiger partial charge on any atom is -0.391 e. The molecule has 5 aliphatic rings. The summed E-state index contributed by atoms with van der Waals surface area (Å²) in [7, 11) is 0. The van der Waals surface area contributed by atoms with Crippen molar-refractivity contribution in [1.29, 1.82) is 0 Å². The number of aromatic nitrogens is 3. The van der Waals surface area contributed by atoms with Crippen LogP contribution in [0.1, 0.15) is 90.0 Å². The summed E-state index contributed by atoms with van der Waals surface area (Å²) in [6.45, 7) is 23.4. The third kappa shape index (κ3) is 17.8. The number of anilines is 3. The molecular weight excluding hydrogens is 1020 g/mol. The van der Waals surface area contributed by atoms with Gasteiger partial charge in [-0.1, -0.05) is 58.9 Å². The minimum atomic E-state index is -0.556. The Morgan fingerprint density at radius 3 is 2.24 bits per heavy atom. The van der Waals surface area contributed by atoms with Crippen molar-refractivity contribution in [3.8, 4) is 10.4 Å². The van der Waals surface area contributed by atoms with E-state index < -0.39 is 23.3 Å². The highest BCUT2D eigenvalue weighted by atomic mass is 32.1. The number of amides is 4. The van der Waals surface area contributed by atoms with Gasteiger partial charge in [-0.05, 0) is 93.6 Å². The van der Waals surface area contributed by atoms with E-state index in [9.17, 15) is 24.3 Å². The molecule has 4 amide bonds. The first-order chi connectivity index (χ1) is 37.4. The van der Waals surface area contributed by atoms with E-state index in [2.05, 4.69) is 103 Å². The van der Waals surface area contributed by atoms with Crippen LogP contribution in [0.25, 0.3) is 10.4 Å². The second-order valence-corrected chi connectivity index (χ2v) is 23.8. The SMILES string of the molecule is CC(C)C.CC1(C)CCN(Cc2cc(F)c(N3CC(=O)NC4(CCN(c5cc(NCCCN6CCN(CC(=O)NCC(=O)N7CCC(O)C7)CC6)ncn5)CC4)C3)cc2F)CC1.Cc1ncsc1-c1ccc(CNC=O)cc1. The molecular formula is C57H83F2N13O5S. The number of hydrogen-bond acceptors (Lipinski definition) is 15. The van der Waals surface area contributed by atoms with E-state index in [1.54, 1.807) is 27.5 Å². The van der Waals surface area contributed by atoms with E-state index >= 15 is 8.78 Å². The Morgan fingerprint density at radius 1 is 0.885 bits per heavy atom. The van der Waals surface area contributed by atoms with Crippen molar-refractivity contribution >= 4 is 52.8 Å². The quantitative estimate of drug-likeness (QED) is 0.0657. The lowest BCUT2D eigenvalue weighted by Crippen LogP contribution is -2.66. The number of aryl methyl sites for hydroxylation is 1. The lowest BCUT2D eigenvalue weighted by molar-refractivity contribution is -0.132. The molecule has 0 aliphatic carbocycles. The summed E-state index contributed by atoms with van der Waals surface area (Å²) < 4.78 is 31.1. The van der Waals surface area contributed by atoms with Gasteiger partial charge in [0.1, 0.15) is 29.6 Å². The van der Waals surface area contributed by atoms with E-state index in [-0.39, 0.29) is 48.5 Å². The first kappa shape index (κ1) is 59.8. The molecule has 9 rings (SSSR count). The van der Waals surface area contributed by atoms with Crippen LogP contribution in [0.15, 0.2) is 54.3 Å². The van der Waals surface area contributed by atoms with Gasteiger partial charge in [0.05, 0.1) is 53.0 Å². The van der Waals surface area contributed by atoms with Crippen LogP contribution in [-0.2, 0) is 32.3 Å². The molecule has 21 heteroatoms. The van der Waals surface area contributed by atoms with Crippen LogP contribution >= 0.6 is 11.3 Å². The molecule has 0 radical (unpaired) electrons. The molecule has 1 atom stereocenters. The summed E-state index contributed by atoms with van der Waals surface area (Å²) in [5.74, 6) is 0.926. The number of carbonyl (C=O) groups is 4. The number of rotatable bonds is 17. The number of aliphatic hydroxyl groups excluding tert-OH is 1. The Balaban J connectivity index is 0.000000369. The van der Waals surface area contributed by atoms with E-state index in [4.69, 9.17) is 0 Å². The van der Waals surface area contributed by atoms with E-state index in [1.807, 2.05) is 30.6 Å². The monoisotopic (exact) mass is 1100 g/mol. The van der Waals surface area contributed by atoms with Gasteiger partial charge in [-0.25, -0.2) is 23.7 Å². The number of nitrogens with zero attached hydrogens (tertiary/aromatic N) is 9. The number of hydrogen-bond donors (Lipinski definition) is 5. The van der Waals surface area contributed by atoms with Gasteiger partial charge in [-0.15, -0.1) is 11.3 Å². The smallest absolute Gasteiger partial charge is 0.242 e. The summed E-state index contributed by atoms with van der Waals surface area (Å²) in [6, 6.07) is 12.7. The normalized spacial score (nSPS) is 19.6. The fraction of sp³-hybridized carbons (Fsp3) is 0.596. The van der Waals surface area contributed by atoms with Crippen molar-refractivity contribution in [2.75, 3.05) is 120 Å². The molecule has 18 nitrogen and oxygen atoms in total. The Bertz CT molecular complexity index is 2580. The van der Waals surface area contributed by atoms with Crippen LogP contribution in [0.5, 0.6) is 0 Å². The number of likely N-dealkylation sites (tertiary alicyclic amines) is 2. The van der Waals surface area contributed by atoms with Crippen LogP contribution in [0, 0.1) is 29.9 Å². The molecule has 2 aromatic heterocycles.